The molecule has 0 aromatic carbocycles. The van der Waals surface area contributed by atoms with Crippen LogP contribution < -0.4 is 0 Å². The van der Waals surface area contributed by atoms with Crippen molar-refractivity contribution in [3.8, 4) is 0 Å². The molecule has 84 valence electrons. The van der Waals surface area contributed by atoms with Crippen molar-refractivity contribution in [1.29, 1.82) is 0 Å². The predicted molar refractivity (Wildman–Crippen MR) is 58.4 cm³/mol. The van der Waals surface area contributed by atoms with Gasteiger partial charge < -0.3 is 9.64 Å². The summed E-state index contributed by atoms with van der Waals surface area (Å²) in [6, 6.07) is 0. The normalized spacial score (nSPS) is 9.93. The van der Waals surface area contributed by atoms with Crippen LogP contribution in [0.3, 0.4) is 0 Å². The summed E-state index contributed by atoms with van der Waals surface area (Å²) in [5.41, 5.74) is 0. The van der Waals surface area contributed by atoms with E-state index in [0.29, 0.717) is 6.61 Å². The third-order valence-corrected chi connectivity index (χ3v) is 2.09. The highest BCUT2D eigenvalue weighted by atomic mass is 16.6. The first-order valence-corrected chi connectivity index (χ1v) is 5.67. The minimum atomic E-state index is -0.158. The van der Waals surface area contributed by atoms with Crippen molar-refractivity contribution in [3.05, 3.63) is 0 Å². The SMILES string of the molecule is CCCCN(CCCC)C(=O)OCC. The highest BCUT2D eigenvalue weighted by Gasteiger charge is 2.12. The summed E-state index contributed by atoms with van der Waals surface area (Å²) >= 11 is 0. The molecule has 0 fully saturated rings. The van der Waals surface area contributed by atoms with Gasteiger partial charge in [0.25, 0.3) is 0 Å². The summed E-state index contributed by atoms with van der Waals surface area (Å²) in [5.74, 6) is 0. The van der Waals surface area contributed by atoms with Crippen LogP contribution in [0.4, 0.5) is 4.79 Å². The van der Waals surface area contributed by atoms with Crippen LogP contribution in [0.2, 0.25) is 0 Å². The van der Waals surface area contributed by atoms with E-state index in [1.165, 1.54) is 0 Å². The number of unbranched alkanes of at least 4 members (excludes halogenated alkanes) is 2. The van der Waals surface area contributed by atoms with Crippen LogP contribution in [0.15, 0.2) is 0 Å². The molecule has 0 N–H and O–H groups in total. The summed E-state index contributed by atoms with van der Waals surface area (Å²) in [4.78, 5) is 13.3. The lowest BCUT2D eigenvalue weighted by Gasteiger charge is -2.21. The van der Waals surface area contributed by atoms with E-state index < -0.39 is 0 Å². The van der Waals surface area contributed by atoms with Gasteiger partial charge in [-0.15, -0.1) is 0 Å². The molecule has 0 atom stereocenters. The van der Waals surface area contributed by atoms with E-state index in [4.69, 9.17) is 4.74 Å². The van der Waals surface area contributed by atoms with E-state index in [9.17, 15) is 4.79 Å². The lowest BCUT2D eigenvalue weighted by molar-refractivity contribution is 0.106. The Balaban J connectivity index is 3.88. The monoisotopic (exact) mass is 201 g/mol. The van der Waals surface area contributed by atoms with Gasteiger partial charge in [0, 0.05) is 13.1 Å². The zero-order valence-electron chi connectivity index (χ0n) is 9.71. The average Bonchev–Trinajstić information content (AvgIpc) is 2.18. The molecule has 0 aliphatic heterocycles. The molecule has 0 spiro atoms. The molecule has 1 amide bonds. The predicted octanol–water partition coefficient (Wildman–Crippen LogP) is 3.05. The standard InChI is InChI=1S/C11H23NO2/c1-4-7-9-12(10-8-5-2)11(13)14-6-3/h4-10H2,1-3H3. The molecule has 0 saturated heterocycles. The van der Waals surface area contributed by atoms with Gasteiger partial charge in [-0.05, 0) is 19.8 Å². The van der Waals surface area contributed by atoms with Crippen molar-refractivity contribution in [1.82, 2.24) is 4.90 Å². The third-order valence-electron chi connectivity index (χ3n) is 2.09. The van der Waals surface area contributed by atoms with Crippen molar-refractivity contribution in [2.24, 2.45) is 0 Å². The van der Waals surface area contributed by atoms with E-state index in [1.807, 2.05) is 11.8 Å². The molecular weight excluding hydrogens is 178 g/mol. The van der Waals surface area contributed by atoms with E-state index in [2.05, 4.69) is 13.8 Å². The smallest absolute Gasteiger partial charge is 0.409 e. The number of hydrogen-bond acceptors (Lipinski definition) is 2. The second kappa shape index (κ2) is 8.85. The number of rotatable bonds is 7. The molecule has 0 radical (unpaired) electrons. The lowest BCUT2D eigenvalue weighted by atomic mass is 10.3. The maximum atomic E-state index is 11.5. The van der Waals surface area contributed by atoms with E-state index in [-0.39, 0.29) is 6.09 Å². The maximum Gasteiger partial charge on any atom is 0.409 e. The maximum absolute atomic E-state index is 11.5. The van der Waals surface area contributed by atoms with E-state index in [1.54, 1.807) is 0 Å². The summed E-state index contributed by atoms with van der Waals surface area (Å²) < 4.78 is 4.99. The zero-order chi connectivity index (χ0) is 10.8. The van der Waals surface area contributed by atoms with Crippen LogP contribution in [0.25, 0.3) is 0 Å². The Morgan fingerprint density at radius 2 is 1.57 bits per heavy atom. The minimum absolute atomic E-state index is 0.158. The van der Waals surface area contributed by atoms with Crippen molar-refractivity contribution < 1.29 is 9.53 Å². The van der Waals surface area contributed by atoms with Crippen molar-refractivity contribution in [2.75, 3.05) is 19.7 Å². The Hall–Kier alpha value is -0.730. The fourth-order valence-electron chi connectivity index (χ4n) is 1.21. The Kier molecular flexibility index (Phi) is 8.39. The van der Waals surface area contributed by atoms with Gasteiger partial charge in [0.05, 0.1) is 6.61 Å². The molecule has 0 bridgehead atoms. The molecule has 0 aromatic heterocycles. The van der Waals surface area contributed by atoms with Crippen LogP contribution >= 0.6 is 0 Å². The van der Waals surface area contributed by atoms with Gasteiger partial charge in [0.1, 0.15) is 0 Å². The number of carbonyl (C=O) groups is 1. The van der Waals surface area contributed by atoms with Crippen LogP contribution in [0.1, 0.15) is 46.5 Å². The minimum Gasteiger partial charge on any atom is -0.450 e. The largest absolute Gasteiger partial charge is 0.450 e. The molecule has 14 heavy (non-hydrogen) atoms. The van der Waals surface area contributed by atoms with Gasteiger partial charge in [-0.1, -0.05) is 26.7 Å². The number of carbonyl (C=O) groups excluding carboxylic acids is 1. The average molecular weight is 201 g/mol. The quantitative estimate of drug-likeness (QED) is 0.633. The number of hydrogen-bond donors (Lipinski definition) is 0. The fourth-order valence-corrected chi connectivity index (χ4v) is 1.21. The van der Waals surface area contributed by atoms with Crippen LogP contribution in [0.5, 0.6) is 0 Å². The van der Waals surface area contributed by atoms with Gasteiger partial charge in [0.15, 0.2) is 0 Å². The second-order valence-electron chi connectivity index (χ2n) is 3.39. The topological polar surface area (TPSA) is 29.5 Å². The molecular formula is C11H23NO2. The second-order valence-corrected chi connectivity index (χ2v) is 3.39. The summed E-state index contributed by atoms with van der Waals surface area (Å²) in [5, 5.41) is 0. The van der Waals surface area contributed by atoms with Crippen LogP contribution in [0, 0.1) is 0 Å². The highest BCUT2D eigenvalue weighted by Crippen LogP contribution is 2.01. The van der Waals surface area contributed by atoms with Crippen molar-refractivity contribution in [2.45, 2.75) is 46.5 Å². The number of ether oxygens (including phenoxy) is 1. The molecule has 0 saturated carbocycles. The zero-order valence-corrected chi connectivity index (χ0v) is 9.71. The summed E-state index contributed by atoms with van der Waals surface area (Å²) in [6.07, 6.45) is 4.18. The summed E-state index contributed by atoms with van der Waals surface area (Å²) in [7, 11) is 0. The third kappa shape index (κ3) is 5.84. The Labute approximate surface area is 87.4 Å². The Morgan fingerprint density at radius 3 is 1.93 bits per heavy atom. The number of nitrogens with zero attached hydrogens (tertiary/aromatic N) is 1. The van der Waals surface area contributed by atoms with Crippen LogP contribution in [-0.4, -0.2) is 30.7 Å². The fraction of sp³-hybridized carbons (Fsp3) is 0.909. The van der Waals surface area contributed by atoms with Crippen molar-refractivity contribution in [3.63, 3.8) is 0 Å². The van der Waals surface area contributed by atoms with Gasteiger partial charge >= 0.3 is 6.09 Å². The molecule has 0 aliphatic rings. The molecule has 3 nitrogen and oxygen atoms in total. The molecule has 3 heteroatoms. The van der Waals surface area contributed by atoms with Gasteiger partial charge in [-0.2, -0.15) is 0 Å². The van der Waals surface area contributed by atoms with E-state index in [0.717, 1.165) is 38.8 Å². The Bertz CT molecular complexity index is 140. The lowest BCUT2D eigenvalue weighted by Crippen LogP contribution is -2.33. The molecule has 0 aliphatic carbocycles. The highest BCUT2D eigenvalue weighted by molar-refractivity contribution is 5.67. The van der Waals surface area contributed by atoms with Gasteiger partial charge in [-0.3, -0.25) is 0 Å². The molecule has 0 unspecified atom stereocenters. The van der Waals surface area contributed by atoms with Gasteiger partial charge in [0.2, 0.25) is 0 Å². The molecule has 0 aromatic rings. The molecule has 0 rings (SSSR count). The Morgan fingerprint density at radius 1 is 1.07 bits per heavy atom. The van der Waals surface area contributed by atoms with Gasteiger partial charge in [-0.25, -0.2) is 4.79 Å². The van der Waals surface area contributed by atoms with E-state index >= 15 is 0 Å². The molecule has 0 heterocycles. The van der Waals surface area contributed by atoms with Crippen LogP contribution in [-0.2, 0) is 4.74 Å². The van der Waals surface area contributed by atoms with Crippen molar-refractivity contribution >= 4 is 6.09 Å². The first kappa shape index (κ1) is 13.3. The first-order valence-electron chi connectivity index (χ1n) is 5.67. The number of amides is 1. The summed E-state index contributed by atoms with van der Waals surface area (Å²) in [6.45, 7) is 8.22. The first-order chi connectivity index (χ1) is 6.76.